The molecule has 5 rings (SSSR count). The standard InChI is InChI=1S/C24H15ClN4S/c25-19-9-10-23-21(11-19)28-24(22-14-30-15-27-22)29(23)13-16-5-7-17(8-6-16)20-4-2-1-3-18(20)12-26/h1-11,14-15H,13H2. The molecule has 0 radical (unpaired) electrons. The molecule has 2 aromatic heterocycles. The summed E-state index contributed by atoms with van der Waals surface area (Å²) in [6, 6.07) is 24.0. The highest BCUT2D eigenvalue weighted by Gasteiger charge is 2.15. The highest BCUT2D eigenvalue weighted by Crippen LogP contribution is 2.29. The number of rotatable bonds is 4. The lowest BCUT2D eigenvalue weighted by molar-refractivity contribution is 0.831. The van der Waals surface area contributed by atoms with E-state index >= 15 is 0 Å². The van der Waals surface area contributed by atoms with E-state index in [1.807, 2.05) is 53.4 Å². The predicted octanol–water partition coefficient (Wildman–Crippen LogP) is 6.40. The monoisotopic (exact) mass is 426 g/mol. The second-order valence-corrected chi connectivity index (χ2v) is 8.04. The van der Waals surface area contributed by atoms with Crippen LogP contribution in [0, 0.1) is 11.3 Å². The van der Waals surface area contributed by atoms with Crippen molar-refractivity contribution in [3.63, 3.8) is 0 Å². The summed E-state index contributed by atoms with van der Waals surface area (Å²) in [6.45, 7) is 0.658. The molecule has 0 saturated carbocycles. The zero-order valence-electron chi connectivity index (χ0n) is 15.8. The third kappa shape index (κ3) is 3.37. The Balaban J connectivity index is 1.55. The van der Waals surface area contributed by atoms with Crippen LogP contribution in [0.1, 0.15) is 11.1 Å². The van der Waals surface area contributed by atoms with Gasteiger partial charge in [-0.1, -0.05) is 54.1 Å². The summed E-state index contributed by atoms with van der Waals surface area (Å²) in [5, 5.41) is 12.0. The Labute approximate surface area is 182 Å². The van der Waals surface area contributed by atoms with Gasteiger partial charge in [-0.3, -0.25) is 0 Å². The van der Waals surface area contributed by atoms with E-state index in [9.17, 15) is 5.26 Å². The Morgan fingerprint density at radius 1 is 1.03 bits per heavy atom. The van der Waals surface area contributed by atoms with E-state index in [-0.39, 0.29) is 0 Å². The number of fused-ring (bicyclic) bond motifs is 1. The Kier molecular flexibility index (Phi) is 4.80. The topological polar surface area (TPSA) is 54.5 Å². The first-order valence-corrected chi connectivity index (χ1v) is 10.7. The van der Waals surface area contributed by atoms with Gasteiger partial charge in [0, 0.05) is 16.9 Å². The number of nitriles is 1. The van der Waals surface area contributed by atoms with Gasteiger partial charge in [0.1, 0.15) is 5.69 Å². The van der Waals surface area contributed by atoms with Crippen molar-refractivity contribution in [3.8, 4) is 28.7 Å². The molecule has 0 unspecified atom stereocenters. The average molecular weight is 427 g/mol. The summed E-state index contributed by atoms with van der Waals surface area (Å²) < 4.78 is 2.17. The molecular formula is C24H15ClN4S. The van der Waals surface area contributed by atoms with Crippen molar-refractivity contribution >= 4 is 34.0 Å². The smallest absolute Gasteiger partial charge is 0.160 e. The molecule has 0 bridgehead atoms. The maximum atomic E-state index is 9.37. The minimum atomic E-state index is 0.658. The summed E-state index contributed by atoms with van der Waals surface area (Å²) in [6.07, 6.45) is 0. The molecular weight excluding hydrogens is 412 g/mol. The molecule has 6 heteroatoms. The van der Waals surface area contributed by atoms with E-state index in [2.05, 4.69) is 39.9 Å². The molecule has 0 saturated heterocycles. The van der Waals surface area contributed by atoms with Crippen molar-refractivity contribution in [2.75, 3.05) is 0 Å². The van der Waals surface area contributed by atoms with Gasteiger partial charge >= 0.3 is 0 Å². The van der Waals surface area contributed by atoms with Crippen LogP contribution in [0.25, 0.3) is 33.7 Å². The molecule has 30 heavy (non-hydrogen) atoms. The van der Waals surface area contributed by atoms with Crippen molar-refractivity contribution < 1.29 is 0 Å². The summed E-state index contributed by atoms with van der Waals surface area (Å²) in [5.41, 5.74) is 8.31. The van der Waals surface area contributed by atoms with Crippen LogP contribution in [0.3, 0.4) is 0 Å². The molecule has 0 aliphatic heterocycles. The molecule has 0 atom stereocenters. The number of nitrogens with zero attached hydrogens (tertiary/aromatic N) is 4. The first-order chi connectivity index (χ1) is 14.7. The molecule has 3 aromatic carbocycles. The SMILES string of the molecule is N#Cc1ccccc1-c1ccc(Cn2c(-c3cscn3)nc3cc(Cl)ccc32)cc1. The quantitative estimate of drug-likeness (QED) is 0.334. The third-order valence-corrected chi connectivity index (χ3v) is 5.85. The van der Waals surface area contributed by atoms with Crippen LogP contribution >= 0.6 is 22.9 Å². The van der Waals surface area contributed by atoms with Gasteiger partial charge in [-0.15, -0.1) is 11.3 Å². The van der Waals surface area contributed by atoms with Gasteiger partial charge in [-0.25, -0.2) is 9.97 Å². The van der Waals surface area contributed by atoms with Crippen LogP contribution in [0.2, 0.25) is 5.02 Å². The number of hydrogen-bond donors (Lipinski definition) is 0. The summed E-state index contributed by atoms with van der Waals surface area (Å²) >= 11 is 7.73. The van der Waals surface area contributed by atoms with E-state index in [4.69, 9.17) is 16.6 Å². The predicted molar refractivity (Wildman–Crippen MR) is 122 cm³/mol. The molecule has 0 aliphatic rings. The molecule has 144 valence electrons. The number of aromatic nitrogens is 3. The van der Waals surface area contributed by atoms with E-state index in [1.165, 1.54) is 0 Å². The molecule has 4 nitrogen and oxygen atoms in total. The van der Waals surface area contributed by atoms with Gasteiger partial charge in [-0.05, 0) is 41.0 Å². The lowest BCUT2D eigenvalue weighted by atomic mass is 9.99. The molecule has 0 spiro atoms. The summed E-state index contributed by atoms with van der Waals surface area (Å²) in [5.74, 6) is 0.826. The molecule has 0 amide bonds. The third-order valence-electron chi connectivity index (χ3n) is 5.02. The molecule has 0 N–H and O–H groups in total. The van der Waals surface area contributed by atoms with Gasteiger partial charge in [0.15, 0.2) is 5.82 Å². The summed E-state index contributed by atoms with van der Waals surface area (Å²) in [7, 11) is 0. The second kappa shape index (κ2) is 7.75. The first-order valence-electron chi connectivity index (χ1n) is 9.36. The van der Waals surface area contributed by atoms with Gasteiger partial charge in [0.05, 0.1) is 28.2 Å². The second-order valence-electron chi connectivity index (χ2n) is 6.88. The van der Waals surface area contributed by atoms with E-state index < -0.39 is 0 Å². The van der Waals surface area contributed by atoms with Gasteiger partial charge in [0.25, 0.3) is 0 Å². The minimum absolute atomic E-state index is 0.658. The Morgan fingerprint density at radius 2 is 1.87 bits per heavy atom. The van der Waals surface area contributed by atoms with Crippen LogP contribution in [0.15, 0.2) is 77.6 Å². The Morgan fingerprint density at radius 3 is 2.63 bits per heavy atom. The number of hydrogen-bond acceptors (Lipinski definition) is 4. The zero-order valence-corrected chi connectivity index (χ0v) is 17.4. The van der Waals surface area contributed by atoms with Gasteiger partial charge < -0.3 is 4.57 Å². The van der Waals surface area contributed by atoms with Crippen molar-refractivity contribution in [2.45, 2.75) is 6.54 Å². The van der Waals surface area contributed by atoms with Crippen LogP contribution in [0.4, 0.5) is 0 Å². The molecule has 0 fully saturated rings. The van der Waals surface area contributed by atoms with E-state index in [1.54, 1.807) is 11.3 Å². The number of benzene rings is 3. The number of halogens is 1. The first kappa shape index (κ1) is 18.6. The van der Waals surface area contributed by atoms with Crippen molar-refractivity contribution in [1.82, 2.24) is 14.5 Å². The highest BCUT2D eigenvalue weighted by atomic mass is 35.5. The summed E-state index contributed by atoms with van der Waals surface area (Å²) in [4.78, 5) is 9.24. The van der Waals surface area contributed by atoms with Gasteiger partial charge in [0.2, 0.25) is 0 Å². The lowest BCUT2D eigenvalue weighted by Gasteiger charge is -2.10. The maximum absolute atomic E-state index is 9.37. The van der Waals surface area contributed by atoms with Crippen LogP contribution in [0.5, 0.6) is 0 Å². The van der Waals surface area contributed by atoms with Crippen LogP contribution in [-0.4, -0.2) is 14.5 Å². The maximum Gasteiger partial charge on any atom is 0.160 e. The number of thiazole rings is 1. The van der Waals surface area contributed by atoms with Gasteiger partial charge in [-0.2, -0.15) is 5.26 Å². The highest BCUT2D eigenvalue weighted by molar-refractivity contribution is 7.07. The fourth-order valence-electron chi connectivity index (χ4n) is 3.59. The zero-order chi connectivity index (χ0) is 20.5. The van der Waals surface area contributed by atoms with E-state index in [0.717, 1.165) is 39.2 Å². The Bertz CT molecular complexity index is 1380. The van der Waals surface area contributed by atoms with E-state index in [0.29, 0.717) is 17.1 Å². The Hall–Kier alpha value is -3.46. The van der Waals surface area contributed by atoms with Crippen molar-refractivity contribution in [3.05, 3.63) is 93.8 Å². The molecule has 2 heterocycles. The van der Waals surface area contributed by atoms with Crippen molar-refractivity contribution in [1.29, 1.82) is 5.26 Å². The minimum Gasteiger partial charge on any atom is -0.318 e. The normalized spacial score (nSPS) is 10.9. The average Bonchev–Trinajstić information content (AvgIpc) is 3.42. The van der Waals surface area contributed by atoms with Crippen LogP contribution < -0.4 is 0 Å². The fraction of sp³-hybridized carbons (Fsp3) is 0.0417. The largest absolute Gasteiger partial charge is 0.318 e. The number of imidazole rings is 1. The molecule has 5 aromatic rings. The fourth-order valence-corrected chi connectivity index (χ4v) is 4.28. The molecule has 0 aliphatic carbocycles. The lowest BCUT2D eigenvalue weighted by Crippen LogP contribution is -2.02. The van der Waals surface area contributed by atoms with Crippen molar-refractivity contribution in [2.24, 2.45) is 0 Å². The van der Waals surface area contributed by atoms with Crippen LogP contribution in [-0.2, 0) is 6.54 Å².